The van der Waals surface area contributed by atoms with Crippen LogP contribution in [-0.2, 0) is 4.79 Å². The summed E-state index contributed by atoms with van der Waals surface area (Å²) in [5, 5.41) is 3.38. The molecule has 0 aromatic carbocycles. The predicted molar refractivity (Wildman–Crippen MR) is 74.6 cm³/mol. The van der Waals surface area contributed by atoms with Crippen molar-refractivity contribution < 1.29 is 4.79 Å². The Morgan fingerprint density at radius 3 is 2.26 bits per heavy atom. The van der Waals surface area contributed by atoms with Crippen molar-refractivity contribution in [1.29, 1.82) is 0 Å². The molecular formula is C16H26N2O. The molecule has 106 valence electrons. The molecule has 1 heterocycles. The molecule has 5 rings (SSSR count). The summed E-state index contributed by atoms with van der Waals surface area (Å²) >= 11 is 0. The van der Waals surface area contributed by atoms with Gasteiger partial charge in [-0.05, 0) is 68.6 Å². The van der Waals surface area contributed by atoms with E-state index >= 15 is 0 Å². The van der Waals surface area contributed by atoms with Crippen LogP contribution in [-0.4, -0.2) is 36.5 Å². The molecule has 3 nitrogen and oxygen atoms in total. The molecule has 19 heavy (non-hydrogen) atoms. The lowest BCUT2D eigenvalue weighted by Gasteiger charge is -2.61. The number of nitrogens with zero attached hydrogens (tertiary/aromatic N) is 1. The first-order valence-electron chi connectivity index (χ1n) is 8.20. The van der Waals surface area contributed by atoms with Crippen LogP contribution in [0.3, 0.4) is 0 Å². The Kier molecular flexibility index (Phi) is 2.70. The lowest BCUT2D eigenvalue weighted by Crippen LogP contribution is -2.64. The number of carbonyl (C=O) groups is 1. The standard InChI is InChI=1S/C16H26N2O/c1-2-18-14(9-17-10-15(18)19)16-6-11-3-12(7-16)5-13(4-11)8-16/h11-14,17H,2-10H2,1H3. The van der Waals surface area contributed by atoms with E-state index in [0.717, 1.165) is 30.8 Å². The maximum Gasteiger partial charge on any atom is 0.236 e. The Bertz CT molecular complexity index is 357. The molecule has 1 atom stereocenters. The SMILES string of the molecule is CCN1C(=O)CNCC1C12CC3CC(CC(C3)C1)C2. The van der Waals surface area contributed by atoms with Crippen molar-refractivity contribution >= 4 is 5.91 Å². The van der Waals surface area contributed by atoms with E-state index < -0.39 is 0 Å². The fraction of sp³-hybridized carbons (Fsp3) is 0.938. The summed E-state index contributed by atoms with van der Waals surface area (Å²) in [7, 11) is 0. The van der Waals surface area contributed by atoms with Crippen molar-refractivity contribution in [2.75, 3.05) is 19.6 Å². The lowest BCUT2D eigenvalue weighted by molar-refractivity contribution is -0.149. The van der Waals surface area contributed by atoms with Crippen LogP contribution in [0.5, 0.6) is 0 Å². The summed E-state index contributed by atoms with van der Waals surface area (Å²) in [6.07, 6.45) is 8.65. The van der Waals surface area contributed by atoms with Crippen LogP contribution in [0.15, 0.2) is 0 Å². The smallest absolute Gasteiger partial charge is 0.236 e. The number of rotatable bonds is 2. The van der Waals surface area contributed by atoms with E-state index in [1.807, 2.05) is 0 Å². The van der Waals surface area contributed by atoms with Gasteiger partial charge in [0.05, 0.1) is 6.54 Å². The number of amides is 1. The van der Waals surface area contributed by atoms with Crippen molar-refractivity contribution in [2.45, 2.75) is 51.5 Å². The minimum atomic E-state index is 0.328. The Hall–Kier alpha value is -0.570. The quantitative estimate of drug-likeness (QED) is 0.826. The molecule has 0 spiro atoms. The van der Waals surface area contributed by atoms with Gasteiger partial charge in [0, 0.05) is 19.1 Å². The summed E-state index contributed by atoms with van der Waals surface area (Å²) in [5.41, 5.74) is 0.466. The Balaban J connectivity index is 1.65. The van der Waals surface area contributed by atoms with Crippen LogP contribution >= 0.6 is 0 Å². The highest BCUT2D eigenvalue weighted by molar-refractivity contribution is 5.79. The molecule has 3 heteroatoms. The van der Waals surface area contributed by atoms with E-state index in [1.54, 1.807) is 0 Å². The number of carbonyl (C=O) groups excluding carboxylic acids is 1. The minimum Gasteiger partial charge on any atom is -0.337 e. The average Bonchev–Trinajstić information content (AvgIpc) is 2.36. The van der Waals surface area contributed by atoms with Crippen molar-refractivity contribution in [3.63, 3.8) is 0 Å². The molecule has 0 radical (unpaired) electrons. The van der Waals surface area contributed by atoms with Crippen LogP contribution < -0.4 is 5.32 Å². The molecule has 1 N–H and O–H groups in total. The van der Waals surface area contributed by atoms with Crippen LogP contribution in [0, 0.1) is 23.2 Å². The largest absolute Gasteiger partial charge is 0.337 e. The fourth-order valence-corrected chi connectivity index (χ4v) is 6.23. The Morgan fingerprint density at radius 2 is 1.74 bits per heavy atom. The zero-order valence-corrected chi connectivity index (χ0v) is 12.0. The van der Waals surface area contributed by atoms with Crippen molar-refractivity contribution in [3.05, 3.63) is 0 Å². The van der Waals surface area contributed by atoms with E-state index in [2.05, 4.69) is 17.1 Å². The van der Waals surface area contributed by atoms with Gasteiger partial charge in [-0.3, -0.25) is 4.79 Å². The monoisotopic (exact) mass is 262 g/mol. The molecule has 0 aromatic heterocycles. The topological polar surface area (TPSA) is 32.3 Å². The van der Waals surface area contributed by atoms with Gasteiger partial charge in [-0.1, -0.05) is 0 Å². The molecule has 1 amide bonds. The highest BCUT2D eigenvalue weighted by Crippen LogP contribution is 2.62. The first-order chi connectivity index (χ1) is 9.20. The van der Waals surface area contributed by atoms with Crippen molar-refractivity contribution in [3.8, 4) is 0 Å². The highest BCUT2D eigenvalue weighted by Gasteiger charge is 2.56. The van der Waals surface area contributed by atoms with E-state index in [4.69, 9.17) is 0 Å². The third-order valence-corrected chi connectivity index (χ3v) is 6.44. The molecule has 1 unspecified atom stereocenters. The van der Waals surface area contributed by atoms with Gasteiger partial charge in [-0.2, -0.15) is 0 Å². The number of nitrogens with one attached hydrogen (secondary N) is 1. The van der Waals surface area contributed by atoms with Gasteiger partial charge < -0.3 is 10.2 Å². The molecule has 4 aliphatic carbocycles. The van der Waals surface area contributed by atoms with Gasteiger partial charge in [0.25, 0.3) is 0 Å². The minimum absolute atomic E-state index is 0.328. The second-order valence-electron chi connectivity index (χ2n) is 7.61. The predicted octanol–water partition coefficient (Wildman–Crippen LogP) is 2.02. The molecule has 1 aliphatic heterocycles. The third-order valence-electron chi connectivity index (χ3n) is 6.44. The summed E-state index contributed by atoms with van der Waals surface area (Å²) in [4.78, 5) is 14.4. The number of piperazine rings is 1. The molecule has 5 fully saturated rings. The lowest BCUT2D eigenvalue weighted by atomic mass is 9.47. The number of hydrogen-bond acceptors (Lipinski definition) is 2. The Morgan fingerprint density at radius 1 is 1.16 bits per heavy atom. The number of likely N-dealkylation sites (N-methyl/N-ethyl adjacent to an activating group) is 1. The molecule has 1 saturated heterocycles. The first-order valence-corrected chi connectivity index (χ1v) is 8.20. The fourth-order valence-electron chi connectivity index (χ4n) is 6.23. The van der Waals surface area contributed by atoms with Crippen LogP contribution in [0.1, 0.15) is 45.4 Å². The molecule has 5 aliphatic rings. The van der Waals surface area contributed by atoms with Crippen LogP contribution in [0.25, 0.3) is 0 Å². The highest BCUT2D eigenvalue weighted by atomic mass is 16.2. The summed E-state index contributed by atoms with van der Waals surface area (Å²) < 4.78 is 0. The van der Waals surface area contributed by atoms with Gasteiger partial charge in [0.2, 0.25) is 5.91 Å². The first kappa shape index (κ1) is 12.2. The van der Waals surface area contributed by atoms with Gasteiger partial charge in [0.1, 0.15) is 0 Å². The molecule has 0 aromatic rings. The average molecular weight is 262 g/mol. The maximum absolute atomic E-state index is 12.2. The van der Waals surface area contributed by atoms with E-state index in [9.17, 15) is 4.79 Å². The zero-order valence-electron chi connectivity index (χ0n) is 12.0. The van der Waals surface area contributed by atoms with Crippen LogP contribution in [0.2, 0.25) is 0 Å². The normalized spacial score (nSPS) is 48.9. The molecule has 4 bridgehead atoms. The van der Waals surface area contributed by atoms with Crippen molar-refractivity contribution in [2.24, 2.45) is 23.2 Å². The maximum atomic E-state index is 12.2. The van der Waals surface area contributed by atoms with Crippen molar-refractivity contribution in [1.82, 2.24) is 10.2 Å². The molecule has 4 saturated carbocycles. The van der Waals surface area contributed by atoms with Gasteiger partial charge in [-0.25, -0.2) is 0 Å². The molecular weight excluding hydrogens is 236 g/mol. The van der Waals surface area contributed by atoms with Gasteiger partial charge >= 0.3 is 0 Å². The summed E-state index contributed by atoms with van der Waals surface area (Å²) in [6, 6.07) is 0.479. The summed E-state index contributed by atoms with van der Waals surface area (Å²) in [5.74, 6) is 3.25. The van der Waals surface area contributed by atoms with E-state index in [1.165, 1.54) is 38.5 Å². The third kappa shape index (κ3) is 1.77. The van der Waals surface area contributed by atoms with E-state index in [0.29, 0.717) is 23.9 Å². The van der Waals surface area contributed by atoms with Gasteiger partial charge in [0.15, 0.2) is 0 Å². The second-order valence-corrected chi connectivity index (χ2v) is 7.61. The summed E-state index contributed by atoms with van der Waals surface area (Å²) in [6.45, 7) is 4.63. The Labute approximate surface area is 116 Å². The zero-order chi connectivity index (χ0) is 13.0. The van der Waals surface area contributed by atoms with E-state index in [-0.39, 0.29) is 0 Å². The van der Waals surface area contributed by atoms with Crippen LogP contribution in [0.4, 0.5) is 0 Å². The second kappa shape index (κ2) is 4.21. The van der Waals surface area contributed by atoms with Gasteiger partial charge in [-0.15, -0.1) is 0 Å². The number of hydrogen-bond donors (Lipinski definition) is 1.